The van der Waals surface area contributed by atoms with Crippen LogP contribution in [0.5, 0.6) is 0 Å². The maximum absolute atomic E-state index is 12.6. The van der Waals surface area contributed by atoms with Crippen molar-refractivity contribution in [1.82, 2.24) is 9.88 Å². The van der Waals surface area contributed by atoms with Gasteiger partial charge in [-0.25, -0.2) is 4.98 Å². The van der Waals surface area contributed by atoms with E-state index in [1.165, 1.54) is 24.2 Å². The Balaban J connectivity index is 1.70. The zero-order valence-corrected chi connectivity index (χ0v) is 12.8. The monoisotopic (exact) mass is 295 g/mol. The summed E-state index contributed by atoms with van der Waals surface area (Å²) in [5.74, 6) is 0.781. The van der Waals surface area contributed by atoms with E-state index >= 15 is 0 Å². The maximum atomic E-state index is 12.6. The van der Waals surface area contributed by atoms with Gasteiger partial charge in [0.05, 0.1) is 18.4 Å². The Morgan fingerprint density at radius 3 is 3.05 bits per heavy atom. The second kappa shape index (κ2) is 5.69. The van der Waals surface area contributed by atoms with Crippen LogP contribution in [0, 0.1) is 12.8 Å². The first-order chi connectivity index (χ1) is 9.69. The summed E-state index contributed by atoms with van der Waals surface area (Å²) in [5.41, 5.74) is 0.824. The molecule has 0 unspecified atom stereocenters. The second-order valence-corrected chi connectivity index (χ2v) is 6.46. The van der Waals surface area contributed by atoms with Crippen molar-refractivity contribution in [2.75, 3.05) is 31.6 Å². The van der Waals surface area contributed by atoms with Gasteiger partial charge in [0.1, 0.15) is 4.88 Å². The lowest BCUT2D eigenvalue weighted by atomic mass is 10.2. The number of amides is 1. The lowest BCUT2D eigenvalue weighted by molar-refractivity contribution is -0.0312. The SMILES string of the molecule is CCNc1nc(C)c(C(=O)N2CCO[C@H](C3CC3)C2)s1. The number of nitrogens with one attached hydrogen (secondary N) is 1. The number of carbonyl (C=O) groups is 1. The lowest BCUT2D eigenvalue weighted by Gasteiger charge is -2.32. The van der Waals surface area contributed by atoms with Crippen molar-refractivity contribution in [1.29, 1.82) is 0 Å². The molecule has 5 nitrogen and oxygen atoms in total. The molecule has 1 amide bonds. The minimum atomic E-state index is 0.109. The number of aromatic nitrogens is 1. The summed E-state index contributed by atoms with van der Waals surface area (Å²) in [4.78, 5) is 19.7. The van der Waals surface area contributed by atoms with Gasteiger partial charge < -0.3 is 15.0 Å². The average Bonchev–Trinajstić information content (AvgIpc) is 3.23. The molecule has 1 atom stereocenters. The van der Waals surface area contributed by atoms with Crippen LogP contribution in [-0.4, -0.2) is 48.1 Å². The molecule has 2 aliphatic rings. The van der Waals surface area contributed by atoms with Crippen LogP contribution < -0.4 is 5.32 Å². The van der Waals surface area contributed by atoms with Gasteiger partial charge in [-0.1, -0.05) is 11.3 Å². The molecule has 20 heavy (non-hydrogen) atoms. The van der Waals surface area contributed by atoms with Gasteiger partial charge in [0, 0.05) is 19.6 Å². The fraction of sp³-hybridized carbons (Fsp3) is 0.714. The molecule has 0 radical (unpaired) electrons. The van der Waals surface area contributed by atoms with Crippen molar-refractivity contribution in [2.45, 2.75) is 32.8 Å². The van der Waals surface area contributed by atoms with Crippen LogP contribution in [-0.2, 0) is 4.74 Å². The first-order valence-corrected chi connectivity index (χ1v) is 8.13. The first-order valence-electron chi connectivity index (χ1n) is 7.31. The zero-order valence-electron chi connectivity index (χ0n) is 12.0. The molecule has 0 bridgehead atoms. The Kier molecular flexibility index (Phi) is 3.94. The molecule has 1 aromatic rings. The Morgan fingerprint density at radius 2 is 2.35 bits per heavy atom. The van der Waals surface area contributed by atoms with Gasteiger partial charge in [0.15, 0.2) is 5.13 Å². The number of hydrogen-bond acceptors (Lipinski definition) is 5. The van der Waals surface area contributed by atoms with Crippen LogP contribution >= 0.6 is 11.3 Å². The Bertz CT molecular complexity index is 499. The van der Waals surface area contributed by atoms with E-state index in [1.807, 2.05) is 18.7 Å². The molecule has 2 fully saturated rings. The van der Waals surface area contributed by atoms with Crippen molar-refractivity contribution < 1.29 is 9.53 Å². The molecule has 2 heterocycles. The molecular weight excluding hydrogens is 274 g/mol. The molecule has 0 spiro atoms. The third-order valence-corrected chi connectivity index (χ3v) is 4.95. The molecule has 1 aromatic heterocycles. The van der Waals surface area contributed by atoms with E-state index in [-0.39, 0.29) is 12.0 Å². The molecule has 1 N–H and O–H groups in total. The van der Waals surface area contributed by atoms with Gasteiger partial charge in [0.2, 0.25) is 0 Å². The number of aryl methyl sites for hydroxylation is 1. The quantitative estimate of drug-likeness (QED) is 0.924. The summed E-state index contributed by atoms with van der Waals surface area (Å²) in [6, 6.07) is 0. The zero-order chi connectivity index (χ0) is 14.1. The van der Waals surface area contributed by atoms with Crippen molar-refractivity contribution in [3.05, 3.63) is 10.6 Å². The van der Waals surface area contributed by atoms with E-state index in [0.717, 1.165) is 28.8 Å². The molecular formula is C14H21N3O2S. The Morgan fingerprint density at radius 1 is 1.55 bits per heavy atom. The summed E-state index contributed by atoms with van der Waals surface area (Å²) >= 11 is 1.46. The first kappa shape index (κ1) is 13.8. The highest BCUT2D eigenvalue weighted by atomic mass is 32.1. The van der Waals surface area contributed by atoms with Crippen molar-refractivity contribution in [2.24, 2.45) is 5.92 Å². The molecule has 110 valence electrons. The fourth-order valence-corrected chi connectivity index (χ4v) is 3.58. The molecule has 1 saturated carbocycles. The highest BCUT2D eigenvalue weighted by Crippen LogP contribution is 2.36. The van der Waals surface area contributed by atoms with Crippen LogP contribution in [0.25, 0.3) is 0 Å². The fourth-order valence-electron chi connectivity index (χ4n) is 2.58. The third-order valence-electron chi connectivity index (χ3n) is 3.85. The number of carbonyl (C=O) groups excluding carboxylic acids is 1. The summed E-state index contributed by atoms with van der Waals surface area (Å²) in [6.07, 6.45) is 2.74. The highest BCUT2D eigenvalue weighted by Gasteiger charge is 2.37. The van der Waals surface area contributed by atoms with Gasteiger partial charge in [-0.2, -0.15) is 0 Å². The molecule has 3 rings (SSSR count). The van der Waals surface area contributed by atoms with E-state index in [0.29, 0.717) is 19.1 Å². The van der Waals surface area contributed by atoms with Crippen molar-refractivity contribution in [3.63, 3.8) is 0 Å². The Hall–Kier alpha value is -1.14. The van der Waals surface area contributed by atoms with Gasteiger partial charge in [-0.15, -0.1) is 0 Å². The topological polar surface area (TPSA) is 54.5 Å². The summed E-state index contributed by atoms with van der Waals surface area (Å²) < 4.78 is 5.77. The van der Waals surface area contributed by atoms with Crippen molar-refractivity contribution in [3.8, 4) is 0 Å². The van der Waals surface area contributed by atoms with E-state index in [2.05, 4.69) is 10.3 Å². The van der Waals surface area contributed by atoms with Gasteiger partial charge in [0.25, 0.3) is 5.91 Å². The average molecular weight is 295 g/mol. The Labute approximate surface area is 123 Å². The molecule has 1 saturated heterocycles. The van der Waals surface area contributed by atoms with Crippen LogP contribution in [0.3, 0.4) is 0 Å². The minimum absolute atomic E-state index is 0.109. The van der Waals surface area contributed by atoms with E-state index in [1.54, 1.807) is 0 Å². The molecule has 1 aliphatic carbocycles. The van der Waals surface area contributed by atoms with Crippen LogP contribution in [0.2, 0.25) is 0 Å². The number of morpholine rings is 1. The largest absolute Gasteiger partial charge is 0.374 e. The standard InChI is InChI=1S/C14H21N3O2S/c1-3-15-14-16-9(2)12(20-14)13(18)17-6-7-19-11(8-17)10-4-5-10/h10-11H,3-8H2,1-2H3,(H,15,16)/t11-/m0/s1. The minimum Gasteiger partial charge on any atom is -0.374 e. The van der Waals surface area contributed by atoms with Crippen LogP contribution in [0.1, 0.15) is 35.1 Å². The van der Waals surface area contributed by atoms with Gasteiger partial charge in [-0.3, -0.25) is 4.79 Å². The van der Waals surface area contributed by atoms with E-state index in [9.17, 15) is 4.79 Å². The van der Waals surface area contributed by atoms with E-state index < -0.39 is 0 Å². The van der Waals surface area contributed by atoms with Crippen LogP contribution in [0.4, 0.5) is 5.13 Å². The predicted molar refractivity (Wildman–Crippen MR) is 79.4 cm³/mol. The highest BCUT2D eigenvalue weighted by molar-refractivity contribution is 7.17. The number of thiazole rings is 1. The summed E-state index contributed by atoms with van der Waals surface area (Å²) in [5, 5.41) is 4.01. The van der Waals surface area contributed by atoms with Crippen molar-refractivity contribution >= 4 is 22.4 Å². The number of nitrogens with zero attached hydrogens (tertiary/aromatic N) is 2. The number of ether oxygens (including phenoxy) is 1. The smallest absolute Gasteiger partial charge is 0.266 e. The number of anilines is 1. The third kappa shape index (κ3) is 2.81. The second-order valence-electron chi connectivity index (χ2n) is 5.46. The summed E-state index contributed by atoms with van der Waals surface area (Å²) in [7, 11) is 0. The van der Waals surface area contributed by atoms with E-state index in [4.69, 9.17) is 4.74 Å². The van der Waals surface area contributed by atoms with Gasteiger partial charge in [-0.05, 0) is 32.6 Å². The predicted octanol–water partition coefficient (Wildman–Crippen LogP) is 2.13. The number of rotatable bonds is 4. The van der Waals surface area contributed by atoms with Crippen LogP contribution in [0.15, 0.2) is 0 Å². The summed E-state index contributed by atoms with van der Waals surface area (Å²) in [6.45, 7) is 6.84. The van der Waals surface area contributed by atoms with Gasteiger partial charge >= 0.3 is 0 Å². The maximum Gasteiger partial charge on any atom is 0.266 e. The number of hydrogen-bond donors (Lipinski definition) is 1. The molecule has 0 aromatic carbocycles. The normalized spacial score (nSPS) is 22.9. The lowest BCUT2D eigenvalue weighted by Crippen LogP contribution is -2.46. The molecule has 6 heteroatoms. The molecule has 1 aliphatic heterocycles.